The largest absolute Gasteiger partial charge is 0.499 e. The van der Waals surface area contributed by atoms with Gasteiger partial charge in [0.15, 0.2) is 5.92 Å². The Morgan fingerprint density at radius 1 is 1.11 bits per heavy atom. The number of carbonyl (C=O) groups excluding carboxylic acids is 4. The number of imide groups is 1. The minimum Gasteiger partial charge on any atom is -0.481 e. The van der Waals surface area contributed by atoms with E-state index in [2.05, 4.69) is 25.9 Å². The standard InChI is InChI=1S/C30H29Cl2N7O5/c1-38-15-21(29(42)39(2)30(38)43)27(41)36-23-6-4-5-18(26(23)32)19-13-34-14-20(25(19)31)22-9-7-16(28(37-22)44-3)11-33-12-17-8-10-24(40)35-17/h4-7,9,13-15,17,21,33H,8,10-12H2,1-3H3,(H-,35,36,40,41)/p+1/t17-,21?/m0/s1. The van der Waals surface area contributed by atoms with E-state index in [9.17, 15) is 19.2 Å². The van der Waals surface area contributed by atoms with E-state index in [1.165, 1.54) is 32.0 Å². The molecule has 0 spiro atoms. The molecule has 0 radical (unpaired) electrons. The van der Waals surface area contributed by atoms with E-state index >= 15 is 0 Å². The van der Waals surface area contributed by atoms with Gasteiger partial charge in [-0.05, 0) is 18.6 Å². The lowest BCUT2D eigenvalue weighted by Crippen LogP contribution is -2.51. The summed E-state index contributed by atoms with van der Waals surface area (Å²) in [7, 11) is 4.32. The molecule has 1 aromatic carbocycles. The van der Waals surface area contributed by atoms with Crippen molar-refractivity contribution in [1.29, 1.82) is 0 Å². The fourth-order valence-corrected chi connectivity index (χ4v) is 5.64. The number of anilines is 1. The normalized spacial score (nSPS) is 18.2. The van der Waals surface area contributed by atoms with Gasteiger partial charge in [0, 0.05) is 60.2 Å². The number of carbonyl (C=O) groups is 4. The van der Waals surface area contributed by atoms with Crippen LogP contribution in [0.4, 0.5) is 10.5 Å². The second-order valence-electron chi connectivity index (χ2n) is 10.4. The number of aromatic nitrogens is 2. The number of benzene rings is 1. The summed E-state index contributed by atoms with van der Waals surface area (Å²) in [6.07, 6.45) is 5.76. The van der Waals surface area contributed by atoms with Crippen LogP contribution in [0.3, 0.4) is 0 Å². The Kier molecular flexibility index (Phi) is 9.23. The number of pyridine rings is 2. The van der Waals surface area contributed by atoms with Crippen LogP contribution in [0.2, 0.25) is 10.0 Å². The van der Waals surface area contributed by atoms with Crippen LogP contribution in [0.1, 0.15) is 18.4 Å². The van der Waals surface area contributed by atoms with Gasteiger partial charge >= 0.3 is 11.9 Å². The Morgan fingerprint density at radius 2 is 1.89 bits per heavy atom. The first-order chi connectivity index (χ1) is 21.1. The maximum Gasteiger partial charge on any atom is 0.499 e. The molecule has 14 heteroatoms. The first kappa shape index (κ1) is 31.0. The summed E-state index contributed by atoms with van der Waals surface area (Å²) in [4.78, 5) is 59.0. The summed E-state index contributed by atoms with van der Waals surface area (Å²) in [5.41, 5.74) is 3.16. The highest BCUT2D eigenvalue weighted by atomic mass is 35.5. The van der Waals surface area contributed by atoms with Crippen molar-refractivity contribution < 1.29 is 28.5 Å². The van der Waals surface area contributed by atoms with Crippen LogP contribution < -0.4 is 20.7 Å². The van der Waals surface area contributed by atoms with Crippen molar-refractivity contribution in [1.82, 2.24) is 25.5 Å². The molecule has 3 N–H and O–H groups in total. The Hall–Kier alpha value is -4.39. The van der Waals surface area contributed by atoms with Gasteiger partial charge in [-0.25, -0.2) is 14.4 Å². The third-order valence-electron chi connectivity index (χ3n) is 7.47. The third kappa shape index (κ3) is 6.28. The molecule has 0 saturated carbocycles. The van der Waals surface area contributed by atoms with Crippen LogP contribution in [-0.2, 0) is 20.9 Å². The average Bonchev–Trinajstić information content (AvgIpc) is 3.44. The first-order valence-electron chi connectivity index (χ1n) is 13.8. The van der Waals surface area contributed by atoms with Gasteiger partial charge < -0.3 is 20.7 Å². The maximum atomic E-state index is 13.0. The van der Waals surface area contributed by atoms with Crippen LogP contribution in [0, 0.1) is 5.92 Å². The van der Waals surface area contributed by atoms with Crippen LogP contribution in [-0.4, -0.2) is 83.2 Å². The summed E-state index contributed by atoms with van der Waals surface area (Å²) in [6, 6.07) is 8.30. The van der Waals surface area contributed by atoms with E-state index in [1.54, 1.807) is 30.6 Å². The molecule has 1 saturated heterocycles. The van der Waals surface area contributed by atoms with E-state index in [4.69, 9.17) is 27.9 Å². The number of ether oxygens (including phenoxy) is 1. The summed E-state index contributed by atoms with van der Waals surface area (Å²) >= 11 is 13.6. The van der Waals surface area contributed by atoms with Crippen molar-refractivity contribution in [3.8, 4) is 28.3 Å². The molecular weight excluding hydrogens is 609 g/mol. The summed E-state index contributed by atoms with van der Waals surface area (Å²) in [5, 5.41) is 9.48. The molecule has 4 heterocycles. The second kappa shape index (κ2) is 13.1. The SMILES string of the molecule is COc1nc(-c2cncc(-c3cccc(NC(=O)C4C=[N+](C)C(=O)N(C)C4=O)c3Cl)c2Cl)ccc1CNC[C@@H]1CCC(=O)N1. The maximum absolute atomic E-state index is 13.0. The van der Waals surface area contributed by atoms with Crippen molar-refractivity contribution in [2.75, 3.05) is 33.1 Å². The molecule has 5 amide bonds. The quantitative estimate of drug-likeness (QED) is 0.239. The highest BCUT2D eigenvalue weighted by molar-refractivity contribution is 6.39. The van der Waals surface area contributed by atoms with E-state index < -0.39 is 23.8 Å². The zero-order chi connectivity index (χ0) is 31.5. The lowest BCUT2D eigenvalue weighted by molar-refractivity contribution is -0.400. The number of nitrogens with zero attached hydrogens (tertiary/aromatic N) is 4. The second-order valence-corrected chi connectivity index (χ2v) is 11.2. The zero-order valence-corrected chi connectivity index (χ0v) is 25.7. The zero-order valence-electron chi connectivity index (χ0n) is 24.2. The molecule has 2 atom stereocenters. The van der Waals surface area contributed by atoms with Gasteiger partial charge in [-0.3, -0.25) is 14.6 Å². The highest BCUT2D eigenvalue weighted by Crippen LogP contribution is 2.41. The summed E-state index contributed by atoms with van der Waals surface area (Å²) in [5.74, 6) is -2.01. The molecule has 5 rings (SSSR count). The number of methoxy groups -OCH3 is 1. The van der Waals surface area contributed by atoms with Crippen LogP contribution >= 0.6 is 23.2 Å². The smallest absolute Gasteiger partial charge is 0.481 e. The lowest BCUT2D eigenvalue weighted by atomic mass is 10.0. The summed E-state index contributed by atoms with van der Waals surface area (Å²) in [6.45, 7) is 1.13. The Morgan fingerprint density at radius 3 is 2.61 bits per heavy atom. The van der Waals surface area contributed by atoms with Gasteiger partial charge in [0.1, 0.15) is 0 Å². The number of amides is 5. The molecule has 0 aliphatic carbocycles. The van der Waals surface area contributed by atoms with Crippen molar-refractivity contribution in [2.24, 2.45) is 5.92 Å². The van der Waals surface area contributed by atoms with E-state index in [0.717, 1.165) is 16.9 Å². The number of rotatable bonds is 9. The molecule has 12 nitrogen and oxygen atoms in total. The van der Waals surface area contributed by atoms with Crippen molar-refractivity contribution >= 4 is 58.9 Å². The first-order valence-corrected chi connectivity index (χ1v) is 14.5. The minimum atomic E-state index is -1.21. The van der Waals surface area contributed by atoms with Crippen LogP contribution in [0.25, 0.3) is 22.4 Å². The minimum absolute atomic E-state index is 0.0697. The van der Waals surface area contributed by atoms with E-state index in [-0.39, 0.29) is 22.7 Å². The Labute approximate surface area is 263 Å². The van der Waals surface area contributed by atoms with Crippen molar-refractivity contribution in [2.45, 2.75) is 25.4 Å². The van der Waals surface area contributed by atoms with Crippen LogP contribution in [0.5, 0.6) is 5.88 Å². The lowest BCUT2D eigenvalue weighted by Gasteiger charge is -2.19. The molecule has 228 valence electrons. The number of halogens is 2. The van der Waals surface area contributed by atoms with Gasteiger partial charge in [0.05, 0.1) is 48.8 Å². The van der Waals surface area contributed by atoms with E-state index in [1.807, 2.05) is 12.1 Å². The van der Waals surface area contributed by atoms with Crippen molar-refractivity contribution in [3.63, 3.8) is 0 Å². The predicted octanol–water partition coefficient (Wildman–Crippen LogP) is 3.35. The number of urea groups is 1. The average molecular weight is 640 g/mol. The molecule has 2 aliphatic heterocycles. The molecule has 2 aliphatic rings. The molecule has 1 fully saturated rings. The number of hydrogen-bond donors (Lipinski definition) is 3. The van der Waals surface area contributed by atoms with Gasteiger partial charge in [-0.2, -0.15) is 9.69 Å². The monoisotopic (exact) mass is 638 g/mol. The van der Waals surface area contributed by atoms with E-state index in [0.29, 0.717) is 52.8 Å². The van der Waals surface area contributed by atoms with Crippen LogP contribution in [0.15, 0.2) is 42.7 Å². The van der Waals surface area contributed by atoms with Gasteiger partial charge in [-0.1, -0.05) is 41.4 Å². The van der Waals surface area contributed by atoms with Gasteiger partial charge in [0.25, 0.3) is 0 Å². The molecule has 2 aromatic heterocycles. The third-order valence-corrected chi connectivity index (χ3v) is 8.28. The fourth-order valence-electron chi connectivity index (χ4n) is 5.07. The van der Waals surface area contributed by atoms with Gasteiger partial charge in [-0.15, -0.1) is 0 Å². The molecular formula is C30H30Cl2N7O5+. The predicted molar refractivity (Wildman–Crippen MR) is 165 cm³/mol. The Bertz CT molecular complexity index is 1700. The number of nitrogens with one attached hydrogen (secondary N) is 3. The topological polar surface area (TPSA) is 146 Å². The summed E-state index contributed by atoms with van der Waals surface area (Å²) < 4.78 is 6.74. The molecule has 3 aromatic rings. The fraction of sp³-hybridized carbons (Fsp3) is 0.300. The Balaban J connectivity index is 1.37. The van der Waals surface area contributed by atoms with Gasteiger partial charge in [0.2, 0.25) is 17.7 Å². The highest BCUT2D eigenvalue weighted by Gasteiger charge is 2.43. The molecule has 44 heavy (non-hydrogen) atoms. The van der Waals surface area contributed by atoms with Crippen molar-refractivity contribution in [3.05, 3.63) is 58.3 Å². The number of hydrogen-bond acceptors (Lipinski definition) is 8. The molecule has 0 bridgehead atoms. The molecule has 1 unspecified atom stereocenters.